The van der Waals surface area contributed by atoms with E-state index in [9.17, 15) is 9.59 Å². The molecule has 1 amide bonds. The molecule has 1 aromatic carbocycles. The Kier molecular flexibility index (Phi) is 4.01. The molecular formula is C22H28N2O2S. The first-order chi connectivity index (χ1) is 12.9. The van der Waals surface area contributed by atoms with Crippen molar-refractivity contribution < 1.29 is 4.79 Å². The molecule has 1 N–H and O–H groups in total. The average Bonchev–Trinajstić information content (AvgIpc) is 2.97. The van der Waals surface area contributed by atoms with Crippen molar-refractivity contribution in [2.75, 3.05) is 0 Å². The molecule has 4 nitrogen and oxygen atoms in total. The van der Waals surface area contributed by atoms with Crippen molar-refractivity contribution in [3.05, 3.63) is 34.6 Å². The van der Waals surface area contributed by atoms with Crippen LogP contribution >= 0.6 is 11.5 Å². The number of carbonyl (C=O) groups excluding carboxylic acids is 1. The van der Waals surface area contributed by atoms with E-state index in [0.717, 1.165) is 22.5 Å². The summed E-state index contributed by atoms with van der Waals surface area (Å²) in [6, 6.07) is 7.31. The molecule has 4 bridgehead atoms. The lowest BCUT2D eigenvalue weighted by Gasteiger charge is -2.59. The summed E-state index contributed by atoms with van der Waals surface area (Å²) < 4.78 is 2.57. The molecule has 4 fully saturated rings. The van der Waals surface area contributed by atoms with Gasteiger partial charge in [-0.05, 0) is 87.7 Å². The van der Waals surface area contributed by atoms with Crippen LogP contribution in [-0.4, -0.2) is 15.9 Å². The minimum atomic E-state index is -0.466. The third-order valence-corrected chi connectivity index (χ3v) is 8.84. The van der Waals surface area contributed by atoms with Crippen LogP contribution in [0.4, 0.5) is 0 Å². The molecule has 4 aliphatic carbocycles. The van der Waals surface area contributed by atoms with Gasteiger partial charge < -0.3 is 5.32 Å². The van der Waals surface area contributed by atoms with E-state index in [1.807, 2.05) is 31.2 Å². The zero-order chi connectivity index (χ0) is 18.8. The highest BCUT2D eigenvalue weighted by atomic mass is 32.1. The van der Waals surface area contributed by atoms with Gasteiger partial charge in [0.05, 0.1) is 10.1 Å². The minimum absolute atomic E-state index is 0.0214. The summed E-state index contributed by atoms with van der Waals surface area (Å²) in [5, 5.41) is 4.02. The van der Waals surface area contributed by atoms with E-state index in [1.54, 1.807) is 3.96 Å². The van der Waals surface area contributed by atoms with Gasteiger partial charge in [0, 0.05) is 6.04 Å². The first-order valence-corrected chi connectivity index (χ1v) is 11.1. The Bertz CT molecular complexity index is 908. The predicted octanol–water partition coefficient (Wildman–Crippen LogP) is 4.35. The summed E-state index contributed by atoms with van der Waals surface area (Å²) >= 11 is 1.39. The van der Waals surface area contributed by atoms with E-state index in [2.05, 4.69) is 12.2 Å². The number of rotatable bonds is 4. The largest absolute Gasteiger partial charge is 0.351 e. The first kappa shape index (κ1) is 17.5. The van der Waals surface area contributed by atoms with Gasteiger partial charge in [-0.2, -0.15) is 0 Å². The van der Waals surface area contributed by atoms with Gasteiger partial charge in [0.1, 0.15) is 6.04 Å². The third-order valence-electron chi connectivity index (χ3n) is 7.61. The molecule has 4 aliphatic rings. The molecule has 4 saturated carbocycles. The minimum Gasteiger partial charge on any atom is -0.351 e. The monoisotopic (exact) mass is 384 g/mol. The van der Waals surface area contributed by atoms with Gasteiger partial charge in [-0.3, -0.25) is 13.5 Å². The average molecular weight is 385 g/mol. The van der Waals surface area contributed by atoms with Gasteiger partial charge in [0.25, 0.3) is 5.56 Å². The van der Waals surface area contributed by atoms with Crippen molar-refractivity contribution in [1.29, 1.82) is 0 Å². The van der Waals surface area contributed by atoms with Crippen LogP contribution in [0.1, 0.15) is 58.4 Å². The topological polar surface area (TPSA) is 51.1 Å². The summed E-state index contributed by atoms with van der Waals surface area (Å²) in [5.41, 5.74) is 0.232. The Morgan fingerprint density at radius 1 is 1.11 bits per heavy atom. The van der Waals surface area contributed by atoms with Crippen LogP contribution < -0.4 is 10.9 Å². The first-order valence-electron chi connectivity index (χ1n) is 10.4. The molecule has 2 aromatic rings. The summed E-state index contributed by atoms with van der Waals surface area (Å²) in [5.74, 6) is 2.60. The molecule has 1 heterocycles. The fraction of sp³-hybridized carbons (Fsp3) is 0.636. The van der Waals surface area contributed by atoms with E-state index in [1.165, 1.54) is 50.1 Å². The molecule has 5 heteroatoms. The van der Waals surface area contributed by atoms with Gasteiger partial charge in [-0.1, -0.05) is 23.7 Å². The van der Waals surface area contributed by atoms with Crippen LogP contribution in [0, 0.1) is 23.2 Å². The Balaban J connectivity index is 1.35. The number of nitrogens with one attached hydrogen (secondary N) is 1. The van der Waals surface area contributed by atoms with Crippen LogP contribution in [-0.2, 0) is 4.79 Å². The summed E-state index contributed by atoms with van der Waals surface area (Å²) in [6.07, 6.45) is 8.06. The molecule has 0 saturated heterocycles. The molecule has 144 valence electrons. The maximum Gasteiger partial charge on any atom is 0.269 e. The predicted molar refractivity (Wildman–Crippen MR) is 109 cm³/mol. The van der Waals surface area contributed by atoms with Gasteiger partial charge in [0.15, 0.2) is 0 Å². The lowest BCUT2D eigenvalue weighted by Crippen LogP contribution is -2.56. The van der Waals surface area contributed by atoms with Crippen molar-refractivity contribution in [2.45, 2.75) is 64.5 Å². The number of carbonyl (C=O) groups is 1. The highest BCUT2D eigenvalue weighted by molar-refractivity contribution is 7.14. The smallest absolute Gasteiger partial charge is 0.269 e. The van der Waals surface area contributed by atoms with Crippen molar-refractivity contribution in [1.82, 2.24) is 9.27 Å². The summed E-state index contributed by atoms with van der Waals surface area (Å²) in [7, 11) is 0. The SMILES string of the molecule is C[C@@H](C(=O)N[C@H](C)C12CC3CC(CC(C3)C1)C2)n1sc2ccccc2c1=O. The molecule has 2 atom stereocenters. The Labute approximate surface area is 164 Å². The van der Waals surface area contributed by atoms with Gasteiger partial charge in [-0.25, -0.2) is 0 Å². The molecule has 6 rings (SSSR count). The van der Waals surface area contributed by atoms with Gasteiger partial charge >= 0.3 is 0 Å². The Morgan fingerprint density at radius 2 is 1.70 bits per heavy atom. The van der Waals surface area contributed by atoms with E-state index in [0.29, 0.717) is 5.39 Å². The number of aromatic nitrogens is 1. The molecule has 0 unspecified atom stereocenters. The second kappa shape index (κ2) is 6.20. The number of hydrogen-bond acceptors (Lipinski definition) is 3. The molecule has 27 heavy (non-hydrogen) atoms. The molecule has 0 radical (unpaired) electrons. The molecule has 0 aliphatic heterocycles. The maximum absolute atomic E-state index is 13.0. The van der Waals surface area contributed by atoms with Crippen molar-refractivity contribution in [3.63, 3.8) is 0 Å². The van der Waals surface area contributed by atoms with Crippen LogP contribution in [0.5, 0.6) is 0 Å². The van der Waals surface area contributed by atoms with Crippen LogP contribution in [0.15, 0.2) is 29.1 Å². The fourth-order valence-corrected chi connectivity index (χ4v) is 7.59. The molecule has 1 aromatic heterocycles. The Hall–Kier alpha value is -1.62. The van der Waals surface area contributed by atoms with Gasteiger partial charge in [-0.15, -0.1) is 0 Å². The normalized spacial score (nSPS) is 33.9. The second-order valence-corrected chi connectivity index (χ2v) is 10.4. The van der Waals surface area contributed by atoms with Crippen molar-refractivity contribution in [3.8, 4) is 0 Å². The highest BCUT2D eigenvalue weighted by Gasteiger charge is 2.53. The number of benzene rings is 1. The zero-order valence-electron chi connectivity index (χ0n) is 16.1. The van der Waals surface area contributed by atoms with E-state index >= 15 is 0 Å². The quantitative estimate of drug-likeness (QED) is 0.852. The van der Waals surface area contributed by atoms with Crippen molar-refractivity contribution >= 4 is 27.5 Å². The summed E-state index contributed by atoms with van der Waals surface area (Å²) in [4.78, 5) is 25.7. The fourth-order valence-electron chi connectivity index (χ4n) is 6.55. The van der Waals surface area contributed by atoms with E-state index in [-0.39, 0.29) is 22.9 Å². The second-order valence-electron chi connectivity index (χ2n) is 9.40. The van der Waals surface area contributed by atoms with Crippen LogP contribution in [0.3, 0.4) is 0 Å². The standard InChI is InChI=1S/C22H28N2O2S/c1-13(24-21(26)18-5-3-4-6-19(18)27-24)20(25)23-14(2)22-10-15-7-16(11-22)9-17(8-15)12-22/h3-6,13-17H,7-12H2,1-2H3,(H,23,25)/t13-,14+,15?,16?,17?,22?/m0/s1. The van der Waals surface area contributed by atoms with E-state index < -0.39 is 6.04 Å². The highest BCUT2D eigenvalue weighted by Crippen LogP contribution is 2.61. The maximum atomic E-state index is 13.0. The molecule has 0 spiro atoms. The lowest BCUT2D eigenvalue weighted by atomic mass is 9.48. The summed E-state index contributed by atoms with van der Waals surface area (Å²) in [6.45, 7) is 4.05. The molecular weight excluding hydrogens is 356 g/mol. The number of hydrogen-bond donors (Lipinski definition) is 1. The number of nitrogens with zero attached hydrogens (tertiary/aromatic N) is 1. The van der Waals surface area contributed by atoms with Crippen LogP contribution in [0.2, 0.25) is 0 Å². The number of fused-ring (bicyclic) bond motifs is 1. The van der Waals surface area contributed by atoms with Crippen LogP contribution in [0.25, 0.3) is 10.1 Å². The lowest BCUT2D eigenvalue weighted by molar-refractivity contribution is -0.128. The van der Waals surface area contributed by atoms with Crippen molar-refractivity contribution in [2.24, 2.45) is 23.2 Å². The zero-order valence-corrected chi connectivity index (χ0v) is 16.9. The van der Waals surface area contributed by atoms with E-state index in [4.69, 9.17) is 0 Å². The Morgan fingerprint density at radius 3 is 2.30 bits per heavy atom. The number of amides is 1. The third kappa shape index (κ3) is 2.77. The van der Waals surface area contributed by atoms with Gasteiger partial charge in [0.2, 0.25) is 5.91 Å².